The van der Waals surface area contributed by atoms with Crippen LogP contribution in [0.3, 0.4) is 0 Å². The molecule has 2 saturated heterocycles. The molecular weight excluding hydrogens is 378 g/mol. The highest BCUT2D eigenvalue weighted by molar-refractivity contribution is 7.89. The largest absolute Gasteiger partial charge is 0.377 e. The Morgan fingerprint density at radius 2 is 2.04 bits per heavy atom. The average Bonchev–Trinajstić information content (AvgIpc) is 3.18. The van der Waals surface area contributed by atoms with Gasteiger partial charge in [-0.25, -0.2) is 8.42 Å². The van der Waals surface area contributed by atoms with Gasteiger partial charge in [-0.2, -0.15) is 4.31 Å². The number of ether oxygens (including phenoxy) is 1. The molecule has 1 N–H and O–H groups in total. The minimum absolute atomic E-state index is 0.00895. The van der Waals surface area contributed by atoms with Crippen LogP contribution in [0.1, 0.15) is 30.4 Å². The molecule has 0 aliphatic carbocycles. The SMILES string of the molecule is Cc1ccc(S(=O)(=O)N(CCC(=O)N2CCNCC2)CC2CCCO2)c(C)c1. The summed E-state index contributed by atoms with van der Waals surface area (Å²) >= 11 is 0. The van der Waals surface area contributed by atoms with E-state index in [0.29, 0.717) is 31.1 Å². The number of sulfonamides is 1. The lowest BCUT2D eigenvalue weighted by molar-refractivity contribution is -0.131. The van der Waals surface area contributed by atoms with Crippen molar-refractivity contribution in [3.63, 3.8) is 0 Å². The maximum atomic E-state index is 13.4. The molecule has 8 heteroatoms. The predicted molar refractivity (Wildman–Crippen MR) is 108 cm³/mol. The second-order valence-electron chi connectivity index (χ2n) is 7.65. The van der Waals surface area contributed by atoms with Crippen LogP contribution in [-0.4, -0.2) is 75.5 Å². The number of rotatable bonds is 7. The summed E-state index contributed by atoms with van der Waals surface area (Å²) in [6, 6.07) is 5.36. The van der Waals surface area contributed by atoms with E-state index in [2.05, 4.69) is 5.32 Å². The molecule has 156 valence electrons. The summed E-state index contributed by atoms with van der Waals surface area (Å²) in [7, 11) is -3.69. The van der Waals surface area contributed by atoms with Gasteiger partial charge in [0.15, 0.2) is 0 Å². The molecule has 3 rings (SSSR count). The quantitative estimate of drug-likeness (QED) is 0.734. The van der Waals surface area contributed by atoms with Gasteiger partial charge >= 0.3 is 0 Å². The summed E-state index contributed by atoms with van der Waals surface area (Å²) in [5.74, 6) is 0.00895. The third-order valence-electron chi connectivity index (χ3n) is 5.42. The van der Waals surface area contributed by atoms with Crippen molar-refractivity contribution in [1.29, 1.82) is 0 Å². The van der Waals surface area contributed by atoms with Crippen LogP contribution in [0.5, 0.6) is 0 Å². The van der Waals surface area contributed by atoms with Crippen LogP contribution in [0.15, 0.2) is 23.1 Å². The number of benzene rings is 1. The second-order valence-corrected chi connectivity index (χ2v) is 9.55. The van der Waals surface area contributed by atoms with E-state index in [4.69, 9.17) is 4.74 Å². The maximum Gasteiger partial charge on any atom is 0.243 e. The van der Waals surface area contributed by atoms with E-state index in [0.717, 1.165) is 37.1 Å². The molecule has 2 fully saturated rings. The number of piperazine rings is 1. The summed E-state index contributed by atoms with van der Waals surface area (Å²) in [6.45, 7) is 7.82. The van der Waals surface area contributed by atoms with Gasteiger partial charge in [-0.05, 0) is 38.3 Å². The van der Waals surface area contributed by atoms with E-state index in [1.165, 1.54) is 4.31 Å². The first-order valence-electron chi connectivity index (χ1n) is 10.1. The molecule has 0 spiro atoms. The van der Waals surface area contributed by atoms with Gasteiger partial charge in [-0.15, -0.1) is 0 Å². The number of amides is 1. The number of aryl methyl sites for hydroxylation is 2. The summed E-state index contributed by atoms with van der Waals surface area (Å²) in [4.78, 5) is 14.7. The Hall–Kier alpha value is -1.48. The maximum absolute atomic E-state index is 13.4. The molecule has 1 unspecified atom stereocenters. The summed E-state index contributed by atoms with van der Waals surface area (Å²) < 4.78 is 33.9. The van der Waals surface area contributed by atoms with Crippen LogP contribution in [0.4, 0.5) is 0 Å². The van der Waals surface area contributed by atoms with Crippen molar-refractivity contribution in [3.8, 4) is 0 Å². The van der Waals surface area contributed by atoms with Gasteiger partial charge in [0.25, 0.3) is 0 Å². The van der Waals surface area contributed by atoms with Crippen LogP contribution in [0, 0.1) is 13.8 Å². The van der Waals surface area contributed by atoms with Crippen LogP contribution in [0.25, 0.3) is 0 Å². The highest BCUT2D eigenvalue weighted by Gasteiger charge is 2.31. The average molecular weight is 410 g/mol. The fraction of sp³-hybridized carbons (Fsp3) is 0.650. The number of hydrogen-bond donors (Lipinski definition) is 1. The van der Waals surface area contributed by atoms with Crippen LogP contribution >= 0.6 is 0 Å². The van der Waals surface area contributed by atoms with E-state index < -0.39 is 10.0 Å². The lowest BCUT2D eigenvalue weighted by Gasteiger charge is -2.29. The Morgan fingerprint density at radius 3 is 2.68 bits per heavy atom. The van der Waals surface area contributed by atoms with E-state index >= 15 is 0 Å². The molecule has 2 aliphatic heterocycles. The van der Waals surface area contributed by atoms with Crippen molar-refractivity contribution in [1.82, 2.24) is 14.5 Å². The molecule has 1 atom stereocenters. The Morgan fingerprint density at radius 1 is 1.29 bits per heavy atom. The van der Waals surface area contributed by atoms with Gasteiger partial charge in [0.1, 0.15) is 0 Å². The third-order valence-corrected chi connectivity index (χ3v) is 7.45. The Balaban J connectivity index is 1.76. The Kier molecular flexibility index (Phi) is 7.09. The zero-order chi connectivity index (χ0) is 20.1. The van der Waals surface area contributed by atoms with Crippen LogP contribution < -0.4 is 5.32 Å². The normalized spacial score (nSPS) is 20.7. The van der Waals surface area contributed by atoms with Crippen molar-refractivity contribution < 1.29 is 17.9 Å². The molecule has 28 heavy (non-hydrogen) atoms. The molecule has 2 heterocycles. The fourth-order valence-electron chi connectivity index (χ4n) is 3.85. The summed E-state index contributed by atoms with van der Waals surface area (Å²) in [5.41, 5.74) is 1.75. The lowest BCUT2D eigenvalue weighted by atomic mass is 10.2. The van der Waals surface area contributed by atoms with E-state index in [-0.39, 0.29) is 25.0 Å². The molecule has 0 saturated carbocycles. The first-order chi connectivity index (χ1) is 13.4. The number of hydrogen-bond acceptors (Lipinski definition) is 5. The molecule has 1 aromatic rings. The topological polar surface area (TPSA) is 79.0 Å². The number of carbonyl (C=O) groups excluding carboxylic acids is 1. The van der Waals surface area contributed by atoms with Crippen molar-refractivity contribution in [2.75, 3.05) is 45.9 Å². The van der Waals surface area contributed by atoms with E-state index in [1.807, 2.05) is 30.9 Å². The molecule has 0 bridgehead atoms. The van der Waals surface area contributed by atoms with Gasteiger partial charge in [0.2, 0.25) is 15.9 Å². The number of carbonyl (C=O) groups is 1. The molecular formula is C20H31N3O4S. The minimum atomic E-state index is -3.69. The van der Waals surface area contributed by atoms with Crippen molar-refractivity contribution in [2.24, 2.45) is 0 Å². The fourth-order valence-corrected chi connectivity index (χ4v) is 5.52. The molecule has 1 amide bonds. The molecule has 2 aliphatic rings. The zero-order valence-electron chi connectivity index (χ0n) is 16.8. The first kappa shape index (κ1) is 21.2. The smallest absolute Gasteiger partial charge is 0.243 e. The standard InChI is InChI=1S/C20H31N3O4S/c1-16-5-6-19(17(2)14-16)28(25,26)23(15-18-4-3-13-27-18)10-7-20(24)22-11-8-21-9-12-22/h5-6,14,18,21H,3-4,7-13,15H2,1-2H3. The molecule has 0 aromatic heterocycles. The van der Waals surface area contributed by atoms with Crippen LogP contribution in [-0.2, 0) is 19.6 Å². The summed E-state index contributed by atoms with van der Waals surface area (Å²) in [6.07, 6.45) is 1.89. The van der Waals surface area contributed by atoms with Gasteiger partial charge in [-0.3, -0.25) is 4.79 Å². The number of nitrogens with zero attached hydrogens (tertiary/aromatic N) is 2. The van der Waals surface area contributed by atoms with Gasteiger partial charge in [0, 0.05) is 52.3 Å². The third kappa shape index (κ3) is 5.11. The highest BCUT2D eigenvalue weighted by atomic mass is 32.2. The predicted octanol–water partition coefficient (Wildman–Crippen LogP) is 1.30. The second kappa shape index (κ2) is 9.35. The molecule has 0 radical (unpaired) electrons. The van der Waals surface area contributed by atoms with E-state index in [1.54, 1.807) is 6.07 Å². The monoisotopic (exact) mass is 409 g/mol. The minimum Gasteiger partial charge on any atom is -0.377 e. The van der Waals surface area contributed by atoms with Gasteiger partial charge in [0.05, 0.1) is 11.0 Å². The van der Waals surface area contributed by atoms with Crippen molar-refractivity contribution in [2.45, 2.75) is 44.1 Å². The van der Waals surface area contributed by atoms with Crippen molar-refractivity contribution in [3.05, 3.63) is 29.3 Å². The first-order valence-corrected chi connectivity index (χ1v) is 11.5. The number of nitrogens with one attached hydrogen (secondary N) is 1. The van der Waals surface area contributed by atoms with Gasteiger partial charge < -0.3 is 15.0 Å². The van der Waals surface area contributed by atoms with Crippen LogP contribution in [0.2, 0.25) is 0 Å². The molecule has 7 nitrogen and oxygen atoms in total. The Bertz CT molecular complexity index is 785. The lowest BCUT2D eigenvalue weighted by Crippen LogP contribution is -2.47. The van der Waals surface area contributed by atoms with Crippen molar-refractivity contribution >= 4 is 15.9 Å². The molecule has 1 aromatic carbocycles. The van der Waals surface area contributed by atoms with E-state index in [9.17, 15) is 13.2 Å². The van der Waals surface area contributed by atoms with Gasteiger partial charge in [-0.1, -0.05) is 17.7 Å². The summed E-state index contributed by atoms with van der Waals surface area (Å²) in [5, 5.41) is 3.22. The highest BCUT2D eigenvalue weighted by Crippen LogP contribution is 2.24. The Labute approximate surface area is 168 Å². The zero-order valence-corrected chi connectivity index (χ0v) is 17.6.